The highest BCUT2D eigenvalue weighted by atomic mass is 32.2. The molecule has 9 heteroatoms. The van der Waals surface area contributed by atoms with Crippen molar-refractivity contribution in [1.82, 2.24) is 14.9 Å². The second-order valence-electron chi connectivity index (χ2n) is 5.35. The fourth-order valence-electron chi connectivity index (χ4n) is 2.70. The van der Waals surface area contributed by atoms with Gasteiger partial charge in [-0.25, -0.2) is 18.1 Å². The summed E-state index contributed by atoms with van der Waals surface area (Å²) in [7, 11) is -3.59. The van der Waals surface area contributed by atoms with Crippen LogP contribution in [0.1, 0.15) is 24.3 Å². The summed E-state index contributed by atoms with van der Waals surface area (Å²) in [4.78, 5) is 6.64. The predicted molar refractivity (Wildman–Crippen MR) is 83.6 cm³/mol. The molecule has 120 valence electrons. The molecule has 0 spiro atoms. The van der Waals surface area contributed by atoms with Gasteiger partial charge in [-0.2, -0.15) is 0 Å². The van der Waals surface area contributed by atoms with Crippen LogP contribution in [-0.2, 0) is 10.0 Å². The van der Waals surface area contributed by atoms with Crippen LogP contribution in [0.25, 0.3) is 0 Å². The maximum absolute atomic E-state index is 12.5. The second kappa shape index (κ2) is 5.98. The van der Waals surface area contributed by atoms with Crippen molar-refractivity contribution in [3.8, 4) is 0 Å². The van der Waals surface area contributed by atoms with Crippen LogP contribution >= 0.6 is 11.3 Å². The van der Waals surface area contributed by atoms with Gasteiger partial charge in [-0.05, 0) is 26.7 Å². The van der Waals surface area contributed by atoms with Crippen LogP contribution in [0.2, 0.25) is 0 Å². The summed E-state index contributed by atoms with van der Waals surface area (Å²) in [5, 5.41) is 6.65. The van der Waals surface area contributed by atoms with Gasteiger partial charge in [-0.1, -0.05) is 5.16 Å². The Bertz CT molecular complexity index is 712. The topological polar surface area (TPSA) is 88.3 Å². The molecule has 1 fully saturated rings. The van der Waals surface area contributed by atoms with Gasteiger partial charge >= 0.3 is 0 Å². The van der Waals surface area contributed by atoms with Crippen molar-refractivity contribution < 1.29 is 12.9 Å². The minimum Gasteiger partial charge on any atom is -0.360 e. The lowest BCUT2D eigenvalue weighted by atomic mass is 10.1. The van der Waals surface area contributed by atoms with E-state index in [-0.39, 0.29) is 10.9 Å². The van der Waals surface area contributed by atoms with Crippen LogP contribution in [0, 0.1) is 13.8 Å². The van der Waals surface area contributed by atoms with E-state index in [9.17, 15) is 8.42 Å². The number of hydrogen-bond acceptors (Lipinski definition) is 7. The van der Waals surface area contributed by atoms with Gasteiger partial charge in [0.25, 0.3) is 0 Å². The van der Waals surface area contributed by atoms with Crippen molar-refractivity contribution in [3.63, 3.8) is 0 Å². The number of anilines is 1. The standard InChI is InChI=1S/C13H18N4O3S2/c1-9-12(10(2)20-15-9)22(18,19)16-11-3-6-17(7-4-11)13-14-5-8-21-13/h5,8,11,16H,3-4,6-7H2,1-2H3. The highest BCUT2D eigenvalue weighted by Crippen LogP contribution is 2.24. The molecule has 2 aromatic heterocycles. The molecule has 2 aromatic rings. The first-order chi connectivity index (χ1) is 10.5. The van der Waals surface area contributed by atoms with Gasteiger partial charge in [0, 0.05) is 30.7 Å². The molecule has 0 saturated carbocycles. The Morgan fingerprint density at radius 2 is 2.09 bits per heavy atom. The van der Waals surface area contributed by atoms with E-state index < -0.39 is 10.0 Å². The monoisotopic (exact) mass is 342 g/mol. The largest absolute Gasteiger partial charge is 0.360 e. The van der Waals surface area contributed by atoms with Crippen LogP contribution in [0.5, 0.6) is 0 Å². The van der Waals surface area contributed by atoms with Gasteiger partial charge in [-0.15, -0.1) is 11.3 Å². The highest BCUT2D eigenvalue weighted by Gasteiger charge is 2.29. The molecule has 0 bridgehead atoms. The Hall–Kier alpha value is -1.45. The van der Waals surface area contributed by atoms with Crippen molar-refractivity contribution in [2.75, 3.05) is 18.0 Å². The van der Waals surface area contributed by atoms with E-state index in [0.29, 0.717) is 11.5 Å². The molecule has 0 radical (unpaired) electrons. The summed E-state index contributed by atoms with van der Waals surface area (Å²) in [6.07, 6.45) is 3.29. The zero-order valence-corrected chi connectivity index (χ0v) is 14.1. The number of aromatic nitrogens is 2. The molecular weight excluding hydrogens is 324 g/mol. The minimum absolute atomic E-state index is 0.0742. The molecular formula is C13H18N4O3S2. The molecule has 0 amide bonds. The minimum atomic E-state index is -3.59. The molecule has 1 N–H and O–H groups in total. The Labute approximate surface area is 133 Å². The third-order valence-corrected chi connectivity index (χ3v) is 6.34. The number of nitrogens with zero attached hydrogens (tertiary/aromatic N) is 3. The molecule has 1 aliphatic rings. The quantitative estimate of drug-likeness (QED) is 0.910. The molecule has 0 atom stereocenters. The maximum Gasteiger partial charge on any atom is 0.246 e. The molecule has 1 aliphatic heterocycles. The van der Waals surface area contributed by atoms with E-state index in [0.717, 1.165) is 31.1 Å². The Morgan fingerprint density at radius 3 is 2.64 bits per heavy atom. The number of nitrogens with one attached hydrogen (secondary N) is 1. The fraction of sp³-hybridized carbons (Fsp3) is 0.538. The maximum atomic E-state index is 12.5. The van der Waals surface area contributed by atoms with Crippen molar-refractivity contribution in [3.05, 3.63) is 23.0 Å². The lowest BCUT2D eigenvalue weighted by Crippen LogP contribution is -2.44. The summed E-state index contributed by atoms with van der Waals surface area (Å²) >= 11 is 1.60. The molecule has 7 nitrogen and oxygen atoms in total. The fourth-order valence-corrected chi connectivity index (χ4v) is 5.03. The van der Waals surface area contributed by atoms with Crippen molar-refractivity contribution in [2.45, 2.75) is 37.6 Å². The van der Waals surface area contributed by atoms with Crippen molar-refractivity contribution in [1.29, 1.82) is 0 Å². The lowest BCUT2D eigenvalue weighted by molar-refractivity contribution is 0.390. The number of thiazole rings is 1. The number of hydrogen-bond donors (Lipinski definition) is 1. The van der Waals surface area contributed by atoms with Crippen molar-refractivity contribution in [2.24, 2.45) is 0 Å². The number of piperidine rings is 1. The van der Waals surface area contributed by atoms with E-state index in [1.807, 2.05) is 5.38 Å². The molecule has 1 saturated heterocycles. The molecule has 3 rings (SSSR count). The number of rotatable bonds is 4. The first kappa shape index (κ1) is 15.4. The summed E-state index contributed by atoms with van der Waals surface area (Å²) in [6.45, 7) is 4.83. The summed E-state index contributed by atoms with van der Waals surface area (Å²) < 4.78 is 32.7. The third-order valence-electron chi connectivity index (χ3n) is 3.74. The Balaban J connectivity index is 1.65. The average Bonchev–Trinajstić information content (AvgIpc) is 3.09. The van der Waals surface area contributed by atoms with Gasteiger partial charge in [0.1, 0.15) is 10.6 Å². The van der Waals surface area contributed by atoms with E-state index in [2.05, 4.69) is 19.8 Å². The Kier molecular flexibility index (Phi) is 4.20. The lowest BCUT2D eigenvalue weighted by Gasteiger charge is -2.31. The number of aryl methyl sites for hydroxylation is 2. The zero-order chi connectivity index (χ0) is 15.7. The first-order valence-electron chi connectivity index (χ1n) is 7.07. The summed E-state index contributed by atoms with van der Waals surface area (Å²) in [6, 6.07) is -0.0742. The van der Waals surface area contributed by atoms with Gasteiger partial charge in [-0.3, -0.25) is 0 Å². The SMILES string of the molecule is Cc1noc(C)c1S(=O)(=O)NC1CCN(c2nccs2)CC1. The third kappa shape index (κ3) is 3.01. The molecule has 0 unspecified atom stereocenters. The molecule has 0 aliphatic carbocycles. The van der Waals surface area contributed by atoms with Gasteiger partial charge in [0.15, 0.2) is 10.9 Å². The molecule has 22 heavy (non-hydrogen) atoms. The smallest absolute Gasteiger partial charge is 0.246 e. The van der Waals surface area contributed by atoms with Crippen LogP contribution in [-0.4, -0.2) is 37.7 Å². The molecule has 0 aromatic carbocycles. The average molecular weight is 342 g/mol. The Morgan fingerprint density at radius 1 is 1.36 bits per heavy atom. The van der Waals surface area contributed by atoms with Gasteiger partial charge in [0.2, 0.25) is 10.0 Å². The molecule has 3 heterocycles. The van der Waals surface area contributed by atoms with Gasteiger partial charge < -0.3 is 9.42 Å². The van der Waals surface area contributed by atoms with Gasteiger partial charge in [0.05, 0.1) is 0 Å². The second-order valence-corrected chi connectivity index (χ2v) is 7.87. The highest BCUT2D eigenvalue weighted by molar-refractivity contribution is 7.89. The van der Waals surface area contributed by atoms with E-state index >= 15 is 0 Å². The summed E-state index contributed by atoms with van der Waals surface area (Å²) in [5.74, 6) is 0.324. The zero-order valence-electron chi connectivity index (χ0n) is 12.4. The van der Waals surface area contributed by atoms with Crippen molar-refractivity contribution >= 4 is 26.5 Å². The van der Waals surface area contributed by atoms with E-state index in [1.165, 1.54) is 0 Å². The van der Waals surface area contributed by atoms with E-state index in [1.54, 1.807) is 31.4 Å². The van der Waals surface area contributed by atoms with Crippen LogP contribution in [0.3, 0.4) is 0 Å². The summed E-state index contributed by atoms with van der Waals surface area (Å²) in [5.41, 5.74) is 0.394. The first-order valence-corrected chi connectivity index (χ1v) is 9.43. The normalized spacial score (nSPS) is 17.1. The predicted octanol–water partition coefficient (Wildman–Crippen LogP) is 1.70. The van der Waals surface area contributed by atoms with Crippen LogP contribution in [0.15, 0.2) is 21.0 Å². The van der Waals surface area contributed by atoms with Crippen LogP contribution in [0.4, 0.5) is 5.13 Å². The number of sulfonamides is 1. The van der Waals surface area contributed by atoms with Crippen LogP contribution < -0.4 is 9.62 Å². The van der Waals surface area contributed by atoms with E-state index in [4.69, 9.17) is 4.52 Å².